The second-order valence-electron chi connectivity index (χ2n) is 5.46. The molecule has 0 aromatic heterocycles. The van der Waals surface area contributed by atoms with Crippen molar-refractivity contribution in [1.29, 1.82) is 0 Å². The number of carbonyl (C=O) groups is 1. The maximum Gasteiger partial charge on any atom is 0.228 e. The van der Waals surface area contributed by atoms with E-state index in [4.69, 9.17) is 0 Å². The summed E-state index contributed by atoms with van der Waals surface area (Å²) >= 11 is 0. The average Bonchev–Trinajstić information content (AvgIpc) is 2.86. The van der Waals surface area contributed by atoms with Crippen LogP contribution in [0, 0.1) is 17.8 Å². The van der Waals surface area contributed by atoms with Crippen LogP contribution in [0.2, 0.25) is 0 Å². The Labute approximate surface area is 108 Å². The van der Waals surface area contributed by atoms with Crippen LogP contribution >= 0.6 is 0 Å². The summed E-state index contributed by atoms with van der Waals surface area (Å²) in [7, 11) is 1.92. The fourth-order valence-corrected chi connectivity index (χ4v) is 3.41. The van der Waals surface area contributed by atoms with E-state index in [0.29, 0.717) is 17.8 Å². The molecule has 3 nitrogen and oxygen atoms in total. The summed E-state index contributed by atoms with van der Waals surface area (Å²) in [6.07, 6.45) is 3.82. The van der Waals surface area contributed by atoms with Crippen molar-refractivity contribution < 1.29 is 4.79 Å². The van der Waals surface area contributed by atoms with Crippen LogP contribution in [0.1, 0.15) is 24.8 Å². The van der Waals surface area contributed by atoms with Crippen molar-refractivity contribution in [2.75, 3.05) is 12.4 Å². The molecular formula is C15H20N2O. The van der Waals surface area contributed by atoms with Crippen LogP contribution in [-0.4, -0.2) is 13.0 Å². The van der Waals surface area contributed by atoms with Crippen molar-refractivity contribution in [3.8, 4) is 0 Å². The van der Waals surface area contributed by atoms with Gasteiger partial charge in [-0.05, 0) is 43.4 Å². The van der Waals surface area contributed by atoms with E-state index in [1.54, 1.807) is 0 Å². The molecule has 2 aliphatic rings. The maximum absolute atomic E-state index is 12.2. The van der Waals surface area contributed by atoms with Crippen molar-refractivity contribution in [1.82, 2.24) is 5.32 Å². The first-order chi connectivity index (χ1) is 8.81. The van der Waals surface area contributed by atoms with Crippen molar-refractivity contribution >= 4 is 11.6 Å². The van der Waals surface area contributed by atoms with Gasteiger partial charge in [0.1, 0.15) is 0 Å². The maximum atomic E-state index is 12.2. The Morgan fingerprint density at radius 3 is 2.72 bits per heavy atom. The summed E-state index contributed by atoms with van der Waals surface area (Å²) in [5.74, 6) is 1.89. The predicted molar refractivity (Wildman–Crippen MR) is 72.2 cm³/mol. The Morgan fingerprint density at radius 1 is 1.28 bits per heavy atom. The van der Waals surface area contributed by atoms with Crippen molar-refractivity contribution in [3.63, 3.8) is 0 Å². The SMILES string of the molecule is CNCc1ccccc1NC(=O)C1C2CCCC21. The Hall–Kier alpha value is -1.35. The number of para-hydroxylation sites is 1. The Kier molecular flexibility index (Phi) is 3.08. The number of amides is 1. The third-order valence-corrected chi connectivity index (χ3v) is 4.35. The van der Waals surface area contributed by atoms with Crippen LogP contribution in [0.5, 0.6) is 0 Å². The fraction of sp³-hybridized carbons (Fsp3) is 0.533. The highest BCUT2D eigenvalue weighted by Gasteiger charge is 2.56. The van der Waals surface area contributed by atoms with Crippen molar-refractivity contribution in [2.45, 2.75) is 25.8 Å². The van der Waals surface area contributed by atoms with Gasteiger partial charge in [-0.15, -0.1) is 0 Å². The summed E-state index contributed by atoms with van der Waals surface area (Å²) < 4.78 is 0. The van der Waals surface area contributed by atoms with Gasteiger partial charge in [0, 0.05) is 18.2 Å². The number of anilines is 1. The fourth-order valence-electron chi connectivity index (χ4n) is 3.41. The van der Waals surface area contributed by atoms with E-state index in [2.05, 4.69) is 16.7 Å². The molecule has 0 spiro atoms. The molecule has 3 heteroatoms. The third kappa shape index (κ3) is 2.03. The third-order valence-electron chi connectivity index (χ3n) is 4.35. The molecule has 2 N–H and O–H groups in total. The molecule has 96 valence electrons. The van der Waals surface area contributed by atoms with Gasteiger partial charge in [0.25, 0.3) is 0 Å². The molecule has 0 saturated heterocycles. The molecule has 1 aromatic rings. The van der Waals surface area contributed by atoms with Gasteiger partial charge < -0.3 is 10.6 Å². The van der Waals surface area contributed by atoms with E-state index in [1.165, 1.54) is 19.3 Å². The molecule has 0 heterocycles. The molecule has 2 atom stereocenters. The van der Waals surface area contributed by atoms with E-state index < -0.39 is 0 Å². The highest BCUT2D eigenvalue weighted by molar-refractivity contribution is 5.95. The minimum absolute atomic E-state index is 0.230. The number of carbonyl (C=O) groups excluding carboxylic acids is 1. The molecule has 0 radical (unpaired) electrons. The van der Waals surface area contributed by atoms with Crippen LogP contribution in [0.4, 0.5) is 5.69 Å². The Bertz CT molecular complexity index is 448. The standard InChI is InChI=1S/C15H20N2O/c1-16-9-10-5-2-3-8-13(10)17-15(18)14-11-6-4-7-12(11)14/h2-3,5,8,11-12,14,16H,4,6-7,9H2,1H3,(H,17,18). The molecule has 0 aliphatic heterocycles. The lowest BCUT2D eigenvalue weighted by Gasteiger charge is -2.11. The van der Waals surface area contributed by atoms with E-state index >= 15 is 0 Å². The van der Waals surface area contributed by atoms with Gasteiger partial charge in [-0.2, -0.15) is 0 Å². The number of hydrogen-bond acceptors (Lipinski definition) is 2. The zero-order chi connectivity index (χ0) is 12.5. The summed E-state index contributed by atoms with van der Waals surface area (Å²) in [5, 5.41) is 6.24. The molecule has 2 fully saturated rings. The van der Waals surface area contributed by atoms with Crippen LogP contribution in [0.3, 0.4) is 0 Å². The predicted octanol–water partition coefficient (Wildman–Crippen LogP) is 2.39. The Morgan fingerprint density at radius 2 is 2.00 bits per heavy atom. The molecular weight excluding hydrogens is 224 g/mol. The second-order valence-corrected chi connectivity index (χ2v) is 5.46. The van der Waals surface area contributed by atoms with Crippen LogP contribution < -0.4 is 10.6 Å². The first kappa shape index (κ1) is 11.7. The van der Waals surface area contributed by atoms with Gasteiger partial charge in [-0.3, -0.25) is 4.79 Å². The molecule has 1 aromatic carbocycles. The van der Waals surface area contributed by atoms with Gasteiger partial charge in [0.15, 0.2) is 0 Å². The molecule has 3 rings (SSSR count). The number of nitrogens with one attached hydrogen (secondary N) is 2. The van der Waals surface area contributed by atoms with Crippen LogP contribution in [0.15, 0.2) is 24.3 Å². The smallest absolute Gasteiger partial charge is 0.228 e. The molecule has 18 heavy (non-hydrogen) atoms. The molecule has 1 amide bonds. The Balaban J connectivity index is 1.67. The van der Waals surface area contributed by atoms with E-state index in [-0.39, 0.29) is 5.91 Å². The highest BCUT2D eigenvalue weighted by atomic mass is 16.2. The minimum Gasteiger partial charge on any atom is -0.326 e. The number of hydrogen-bond donors (Lipinski definition) is 2. The van der Waals surface area contributed by atoms with Gasteiger partial charge in [-0.1, -0.05) is 24.6 Å². The topological polar surface area (TPSA) is 41.1 Å². The lowest BCUT2D eigenvalue weighted by Crippen LogP contribution is -2.18. The molecule has 0 bridgehead atoms. The largest absolute Gasteiger partial charge is 0.326 e. The van der Waals surface area contributed by atoms with Crippen molar-refractivity contribution in [3.05, 3.63) is 29.8 Å². The lowest BCUT2D eigenvalue weighted by atomic mass is 10.1. The monoisotopic (exact) mass is 244 g/mol. The van der Waals surface area contributed by atoms with Gasteiger partial charge >= 0.3 is 0 Å². The summed E-state index contributed by atoms with van der Waals surface area (Å²) in [4.78, 5) is 12.2. The summed E-state index contributed by atoms with van der Waals surface area (Å²) in [6.45, 7) is 0.786. The second kappa shape index (κ2) is 4.73. The van der Waals surface area contributed by atoms with Gasteiger partial charge in [0.05, 0.1) is 0 Å². The zero-order valence-corrected chi connectivity index (χ0v) is 10.8. The van der Waals surface area contributed by atoms with E-state index in [9.17, 15) is 4.79 Å². The molecule has 2 saturated carbocycles. The first-order valence-corrected chi connectivity index (χ1v) is 6.84. The number of fused-ring (bicyclic) bond motifs is 1. The number of benzene rings is 1. The zero-order valence-electron chi connectivity index (χ0n) is 10.8. The summed E-state index contributed by atoms with van der Waals surface area (Å²) in [6, 6.07) is 8.03. The van der Waals surface area contributed by atoms with Gasteiger partial charge in [0.2, 0.25) is 5.91 Å². The van der Waals surface area contributed by atoms with Crippen molar-refractivity contribution in [2.24, 2.45) is 17.8 Å². The molecule has 2 unspecified atom stereocenters. The first-order valence-electron chi connectivity index (χ1n) is 6.84. The highest BCUT2D eigenvalue weighted by Crippen LogP contribution is 2.57. The van der Waals surface area contributed by atoms with E-state index in [1.807, 2.05) is 25.2 Å². The van der Waals surface area contributed by atoms with E-state index in [0.717, 1.165) is 17.8 Å². The average molecular weight is 244 g/mol. The van der Waals surface area contributed by atoms with Gasteiger partial charge in [-0.25, -0.2) is 0 Å². The van der Waals surface area contributed by atoms with Crippen LogP contribution in [-0.2, 0) is 11.3 Å². The molecule has 2 aliphatic carbocycles. The van der Waals surface area contributed by atoms with Crippen LogP contribution in [0.25, 0.3) is 0 Å². The quantitative estimate of drug-likeness (QED) is 0.854. The normalized spacial score (nSPS) is 28.8. The lowest BCUT2D eigenvalue weighted by molar-refractivity contribution is -0.118. The summed E-state index contributed by atoms with van der Waals surface area (Å²) in [5.41, 5.74) is 2.11. The minimum atomic E-state index is 0.230. The number of rotatable bonds is 4.